The van der Waals surface area contributed by atoms with E-state index in [1.165, 1.54) is 4.90 Å². The average Bonchev–Trinajstić information content (AvgIpc) is 2.90. The van der Waals surface area contributed by atoms with Crippen molar-refractivity contribution >= 4 is 17.7 Å². The molecule has 1 aromatic rings. The highest BCUT2D eigenvalue weighted by Gasteiger charge is 2.31. The second kappa shape index (κ2) is 7.82. The van der Waals surface area contributed by atoms with E-state index in [-0.39, 0.29) is 24.9 Å². The first-order valence-corrected chi connectivity index (χ1v) is 8.46. The SMILES string of the molecule is CSc1ccc([C@H]2OC(CCOC(C)C)=N[C@@H]2CO)cc1. The molecule has 0 unspecified atom stereocenters. The Bertz CT molecular complexity index is 473. The minimum Gasteiger partial charge on any atom is -0.470 e. The van der Waals surface area contributed by atoms with Gasteiger partial charge in [-0.05, 0) is 37.8 Å². The van der Waals surface area contributed by atoms with Crippen LogP contribution in [-0.4, -0.2) is 42.6 Å². The van der Waals surface area contributed by atoms with Crippen molar-refractivity contribution in [1.82, 2.24) is 0 Å². The Hall–Kier alpha value is -1.04. The van der Waals surface area contributed by atoms with Gasteiger partial charge in [-0.25, -0.2) is 4.99 Å². The van der Waals surface area contributed by atoms with E-state index in [0.29, 0.717) is 18.9 Å². The van der Waals surface area contributed by atoms with Gasteiger partial charge in [0.2, 0.25) is 0 Å². The quantitative estimate of drug-likeness (QED) is 0.787. The van der Waals surface area contributed by atoms with Gasteiger partial charge in [0.15, 0.2) is 5.90 Å². The molecule has 0 saturated carbocycles. The Kier molecular flexibility index (Phi) is 6.08. The number of ether oxygens (including phenoxy) is 2. The third kappa shape index (κ3) is 4.46. The maximum Gasteiger partial charge on any atom is 0.186 e. The van der Waals surface area contributed by atoms with Gasteiger partial charge in [-0.3, -0.25) is 0 Å². The molecule has 0 radical (unpaired) electrons. The van der Waals surface area contributed by atoms with Crippen molar-refractivity contribution in [2.24, 2.45) is 4.99 Å². The molecule has 1 aliphatic heterocycles. The number of aliphatic imine (C=N–C) groups is 1. The fourth-order valence-electron chi connectivity index (χ4n) is 2.23. The Balaban J connectivity index is 1.98. The molecule has 4 nitrogen and oxygen atoms in total. The summed E-state index contributed by atoms with van der Waals surface area (Å²) < 4.78 is 11.4. The summed E-state index contributed by atoms with van der Waals surface area (Å²) in [5, 5.41) is 9.51. The highest BCUT2D eigenvalue weighted by molar-refractivity contribution is 7.98. The highest BCUT2D eigenvalue weighted by atomic mass is 32.2. The van der Waals surface area contributed by atoms with Gasteiger partial charge < -0.3 is 14.6 Å². The van der Waals surface area contributed by atoms with Crippen molar-refractivity contribution in [2.75, 3.05) is 19.5 Å². The molecule has 1 heterocycles. The normalized spacial score (nSPS) is 21.5. The molecule has 0 aliphatic carbocycles. The van der Waals surface area contributed by atoms with Crippen LogP contribution in [0.4, 0.5) is 0 Å². The van der Waals surface area contributed by atoms with Crippen molar-refractivity contribution in [3.63, 3.8) is 0 Å². The molecular formula is C16H23NO3S. The van der Waals surface area contributed by atoms with E-state index in [1.807, 2.05) is 32.2 Å². The first-order valence-electron chi connectivity index (χ1n) is 7.23. The molecule has 0 saturated heterocycles. The summed E-state index contributed by atoms with van der Waals surface area (Å²) in [6.45, 7) is 4.59. The zero-order valence-corrected chi connectivity index (χ0v) is 13.6. The average molecular weight is 309 g/mol. The first-order chi connectivity index (χ1) is 10.1. The molecule has 1 aliphatic rings. The second-order valence-electron chi connectivity index (χ2n) is 5.25. The van der Waals surface area contributed by atoms with E-state index in [1.54, 1.807) is 11.8 Å². The standard InChI is InChI=1S/C16H23NO3S/c1-11(2)19-9-8-15-17-14(10-18)16(20-15)12-4-6-13(21-3)7-5-12/h4-7,11,14,16,18H,8-10H2,1-3H3/t14-,16-/m1/s1. The third-order valence-electron chi connectivity index (χ3n) is 3.32. The lowest BCUT2D eigenvalue weighted by Crippen LogP contribution is -2.18. The Morgan fingerprint density at radius 3 is 2.62 bits per heavy atom. The van der Waals surface area contributed by atoms with Gasteiger partial charge in [-0.15, -0.1) is 11.8 Å². The number of thioether (sulfide) groups is 1. The van der Waals surface area contributed by atoms with Crippen molar-refractivity contribution in [1.29, 1.82) is 0 Å². The first kappa shape index (κ1) is 16.3. The molecule has 0 spiro atoms. The zero-order chi connectivity index (χ0) is 15.2. The van der Waals surface area contributed by atoms with Crippen LogP contribution in [0, 0.1) is 0 Å². The topological polar surface area (TPSA) is 51.0 Å². The van der Waals surface area contributed by atoms with Crippen molar-refractivity contribution in [3.8, 4) is 0 Å². The van der Waals surface area contributed by atoms with Crippen LogP contribution >= 0.6 is 11.8 Å². The largest absolute Gasteiger partial charge is 0.470 e. The van der Waals surface area contributed by atoms with Crippen LogP contribution in [0.5, 0.6) is 0 Å². The van der Waals surface area contributed by atoms with Gasteiger partial charge in [-0.1, -0.05) is 12.1 Å². The minimum atomic E-state index is -0.223. The summed E-state index contributed by atoms with van der Waals surface area (Å²) in [6, 6.07) is 8.00. The second-order valence-corrected chi connectivity index (χ2v) is 6.13. The molecule has 2 rings (SSSR count). The molecule has 21 heavy (non-hydrogen) atoms. The summed E-state index contributed by atoms with van der Waals surface area (Å²) >= 11 is 1.71. The van der Waals surface area contributed by atoms with Gasteiger partial charge in [0, 0.05) is 11.3 Å². The number of benzene rings is 1. The van der Waals surface area contributed by atoms with E-state index in [4.69, 9.17) is 9.47 Å². The van der Waals surface area contributed by atoms with Crippen LogP contribution in [0.1, 0.15) is 31.9 Å². The lowest BCUT2D eigenvalue weighted by atomic mass is 10.0. The minimum absolute atomic E-state index is 0.0104. The van der Waals surface area contributed by atoms with Crippen LogP contribution in [0.25, 0.3) is 0 Å². The predicted molar refractivity (Wildman–Crippen MR) is 86.1 cm³/mol. The molecule has 1 N–H and O–H groups in total. The van der Waals surface area contributed by atoms with E-state index in [0.717, 1.165) is 5.56 Å². The summed E-state index contributed by atoms with van der Waals surface area (Å²) in [5.41, 5.74) is 1.05. The van der Waals surface area contributed by atoms with Gasteiger partial charge in [0.05, 0.1) is 19.3 Å². The number of aliphatic hydroxyl groups excluding tert-OH is 1. The predicted octanol–water partition coefficient (Wildman–Crippen LogP) is 3.05. The fraction of sp³-hybridized carbons (Fsp3) is 0.562. The van der Waals surface area contributed by atoms with Gasteiger partial charge in [0.25, 0.3) is 0 Å². The van der Waals surface area contributed by atoms with Crippen LogP contribution in [0.2, 0.25) is 0 Å². The number of hydrogen-bond acceptors (Lipinski definition) is 5. The maximum atomic E-state index is 9.51. The summed E-state index contributed by atoms with van der Waals surface area (Å²) in [4.78, 5) is 5.67. The zero-order valence-electron chi connectivity index (χ0n) is 12.8. The van der Waals surface area contributed by atoms with E-state index in [2.05, 4.69) is 17.1 Å². The third-order valence-corrected chi connectivity index (χ3v) is 4.06. The molecule has 116 valence electrons. The Morgan fingerprint density at radius 2 is 2.05 bits per heavy atom. The molecule has 0 bridgehead atoms. The molecule has 2 atom stereocenters. The Labute approximate surface area is 130 Å². The van der Waals surface area contributed by atoms with Gasteiger partial charge in [0.1, 0.15) is 12.1 Å². The molecular weight excluding hydrogens is 286 g/mol. The lowest BCUT2D eigenvalue weighted by molar-refractivity contribution is 0.0795. The molecule has 1 aromatic carbocycles. The summed E-state index contributed by atoms with van der Waals surface area (Å²) in [5.74, 6) is 0.675. The van der Waals surface area contributed by atoms with E-state index >= 15 is 0 Å². The van der Waals surface area contributed by atoms with E-state index in [9.17, 15) is 5.11 Å². The molecule has 5 heteroatoms. The number of hydrogen-bond donors (Lipinski definition) is 1. The van der Waals surface area contributed by atoms with Crippen molar-refractivity contribution < 1.29 is 14.6 Å². The summed E-state index contributed by atoms with van der Waals surface area (Å²) in [7, 11) is 0. The number of nitrogens with zero attached hydrogens (tertiary/aromatic N) is 1. The monoisotopic (exact) mass is 309 g/mol. The van der Waals surface area contributed by atoms with Crippen LogP contribution in [-0.2, 0) is 9.47 Å². The van der Waals surface area contributed by atoms with Gasteiger partial charge >= 0.3 is 0 Å². The highest BCUT2D eigenvalue weighted by Crippen LogP contribution is 2.31. The molecule has 0 fully saturated rings. The maximum absolute atomic E-state index is 9.51. The van der Waals surface area contributed by atoms with Crippen LogP contribution in [0.3, 0.4) is 0 Å². The molecule has 0 amide bonds. The fourth-order valence-corrected chi connectivity index (χ4v) is 2.64. The lowest BCUT2D eigenvalue weighted by Gasteiger charge is -2.17. The molecule has 0 aromatic heterocycles. The van der Waals surface area contributed by atoms with E-state index < -0.39 is 0 Å². The Morgan fingerprint density at radius 1 is 1.33 bits per heavy atom. The smallest absolute Gasteiger partial charge is 0.186 e. The van der Waals surface area contributed by atoms with Gasteiger partial charge in [-0.2, -0.15) is 0 Å². The summed E-state index contributed by atoms with van der Waals surface area (Å²) in [6.07, 6.45) is 2.71. The van der Waals surface area contributed by atoms with Crippen LogP contribution < -0.4 is 0 Å². The number of rotatable bonds is 7. The van der Waals surface area contributed by atoms with Crippen LogP contribution in [0.15, 0.2) is 34.2 Å². The van der Waals surface area contributed by atoms with Crippen molar-refractivity contribution in [3.05, 3.63) is 29.8 Å². The van der Waals surface area contributed by atoms with Crippen molar-refractivity contribution in [2.45, 2.75) is 43.4 Å². The number of aliphatic hydroxyl groups is 1.